The van der Waals surface area contributed by atoms with Crippen LogP contribution >= 0.6 is 46.4 Å². The number of nitrogens with zero attached hydrogens (tertiary/aromatic N) is 2. The first-order chi connectivity index (χ1) is 11.1. The number of rotatable bonds is 3. The van der Waals surface area contributed by atoms with Crippen LogP contribution in [0.25, 0.3) is 5.69 Å². The molecule has 0 saturated heterocycles. The van der Waals surface area contributed by atoms with Crippen LogP contribution in [-0.2, 0) is 10.9 Å². The van der Waals surface area contributed by atoms with Gasteiger partial charge in [-0.15, -0.1) is 0 Å². The molecule has 11 heteroatoms. The molecule has 0 aliphatic heterocycles. The number of carbonyl (C=O) groups is 1. The number of benzene rings is 1. The van der Waals surface area contributed by atoms with E-state index < -0.39 is 17.7 Å². The van der Waals surface area contributed by atoms with Crippen LogP contribution in [0, 0.1) is 0 Å². The number of imidazole rings is 1. The van der Waals surface area contributed by atoms with E-state index in [-0.39, 0.29) is 38.5 Å². The maximum atomic E-state index is 12.8. The predicted octanol–water partition coefficient (Wildman–Crippen LogP) is 5.68. The Hall–Kier alpha value is -1.15. The summed E-state index contributed by atoms with van der Waals surface area (Å²) in [4.78, 5) is 15.5. The quantitative estimate of drug-likeness (QED) is 0.598. The zero-order chi connectivity index (χ0) is 18.2. The minimum absolute atomic E-state index is 0.0709. The van der Waals surface area contributed by atoms with Crippen molar-refractivity contribution in [3.05, 3.63) is 43.9 Å². The molecule has 1 aromatic carbocycles. The number of esters is 1. The molecule has 2 rings (SSSR count). The number of hydrogen-bond donors (Lipinski definition) is 0. The Labute approximate surface area is 154 Å². The fourth-order valence-corrected chi connectivity index (χ4v) is 3.07. The molecule has 0 aliphatic carbocycles. The van der Waals surface area contributed by atoms with E-state index in [0.717, 1.165) is 4.57 Å². The summed E-state index contributed by atoms with van der Waals surface area (Å²) in [6, 6.07) is 1.33. The first kappa shape index (κ1) is 19.2. The van der Waals surface area contributed by atoms with E-state index in [1.807, 2.05) is 0 Å². The third-order valence-electron chi connectivity index (χ3n) is 2.82. The second-order valence-electron chi connectivity index (χ2n) is 4.36. The summed E-state index contributed by atoms with van der Waals surface area (Å²) in [7, 11) is 0. The second kappa shape index (κ2) is 7.00. The third kappa shape index (κ3) is 3.59. The average Bonchev–Trinajstić information content (AvgIpc) is 2.74. The van der Waals surface area contributed by atoms with Gasteiger partial charge in [-0.2, -0.15) is 13.2 Å². The third-order valence-corrected chi connectivity index (χ3v) is 3.99. The molecule has 0 bridgehead atoms. The highest BCUT2D eigenvalue weighted by molar-refractivity contribution is 6.39. The van der Waals surface area contributed by atoms with Crippen molar-refractivity contribution in [2.24, 2.45) is 0 Å². The molecule has 0 atom stereocenters. The number of hydrogen-bond acceptors (Lipinski definition) is 3. The molecule has 2 aromatic rings. The Morgan fingerprint density at radius 1 is 1.21 bits per heavy atom. The highest BCUT2D eigenvalue weighted by Crippen LogP contribution is 2.40. The minimum atomic E-state index is -4.63. The van der Waals surface area contributed by atoms with Crippen molar-refractivity contribution in [3.63, 3.8) is 0 Å². The van der Waals surface area contributed by atoms with Crippen molar-refractivity contribution in [1.82, 2.24) is 9.55 Å². The van der Waals surface area contributed by atoms with Crippen LogP contribution < -0.4 is 0 Å². The standard InChI is InChI=1S/C13H7Cl4F3N2O2/c1-2-24-11(23)8-10(16)22(12(17)21-8)9-6(14)3-5(4-7(9)15)13(18,19)20/h3-4H,2H2,1H3. The number of halogens is 7. The molecule has 0 amide bonds. The molecule has 0 spiro atoms. The van der Waals surface area contributed by atoms with E-state index in [1.54, 1.807) is 6.92 Å². The molecular weight excluding hydrogens is 415 g/mol. The molecule has 24 heavy (non-hydrogen) atoms. The van der Waals surface area contributed by atoms with Gasteiger partial charge in [0.05, 0.1) is 27.9 Å². The molecule has 130 valence electrons. The molecule has 0 fully saturated rings. The van der Waals surface area contributed by atoms with Gasteiger partial charge >= 0.3 is 12.1 Å². The van der Waals surface area contributed by atoms with Crippen LogP contribution in [0.15, 0.2) is 12.1 Å². The fraction of sp³-hybridized carbons (Fsp3) is 0.231. The Balaban J connectivity index is 2.64. The summed E-state index contributed by atoms with van der Waals surface area (Å²) < 4.78 is 44.1. The Bertz CT molecular complexity index is 782. The van der Waals surface area contributed by atoms with Gasteiger partial charge in [-0.1, -0.05) is 34.8 Å². The van der Waals surface area contributed by atoms with E-state index in [4.69, 9.17) is 51.1 Å². The molecule has 0 aliphatic rings. The van der Waals surface area contributed by atoms with Crippen LogP contribution in [0.2, 0.25) is 20.5 Å². The van der Waals surface area contributed by atoms with Gasteiger partial charge in [0.15, 0.2) is 5.69 Å². The molecule has 0 saturated carbocycles. The predicted molar refractivity (Wildman–Crippen MR) is 84.6 cm³/mol. The van der Waals surface area contributed by atoms with Gasteiger partial charge in [-0.3, -0.25) is 4.57 Å². The molecule has 4 nitrogen and oxygen atoms in total. The van der Waals surface area contributed by atoms with Crippen molar-refractivity contribution in [2.45, 2.75) is 13.1 Å². The monoisotopic (exact) mass is 420 g/mol. The number of alkyl halides is 3. The molecule has 0 radical (unpaired) electrons. The summed E-state index contributed by atoms with van der Waals surface area (Å²) in [6.07, 6.45) is -4.63. The van der Waals surface area contributed by atoms with Crippen LogP contribution in [-0.4, -0.2) is 22.1 Å². The topological polar surface area (TPSA) is 44.1 Å². The van der Waals surface area contributed by atoms with E-state index >= 15 is 0 Å². The Morgan fingerprint density at radius 3 is 2.21 bits per heavy atom. The van der Waals surface area contributed by atoms with Gasteiger partial charge in [0.2, 0.25) is 5.28 Å². The van der Waals surface area contributed by atoms with Crippen LogP contribution in [0.3, 0.4) is 0 Å². The summed E-state index contributed by atoms with van der Waals surface area (Å²) in [5.41, 5.74) is -1.49. The van der Waals surface area contributed by atoms with E-state index in [0.29, 0.717) is 12.1 Å². The lowest BCUT2D eigenvalue weighted by atomic mass is 10.2. The van der Waals surface area contributed by atoms with Crippen molar-refractivity contribution in [1.29, 1.82) is 0 Å². The number of aromatic nitrogens is 2. The van der Waals surface area contributed by atoms with Crippen LogP contribution in [0.5, 0.6) is 0 Å². The molecule has 1 heterocycles. The SMILES string of the molecule is CCOC(=O)c1nc(Cl)n(-c2c(Cl)cc(C(F)(F)F)cc2Cl)c1Cl. The zero-order valence-corrected chi connectivity index (χ0v) is 14.7. The van der Waals surface area contributed by atoms with Crippen molar-refractivity contribution in [3.8, 4) is 5.69 Å². The maximum Gasteiger partial charge on any atom is 0.416 e. The second-order valence-corrected chi connectivity index (χ2v) is 5.87. The summed E-state index contributed by atoms with van der Waals surface area (Å²) in [6.45, 7) is 1.65. The smallest absolute Gasteiger partial charge is 0.416 e. The molecule has 0 unspecified atom stereocenters. The van der Waals surface area contributed by atoms with Crippen LogP contribution in [0.1, 0.15) is 23.0 Å². The lowest BCUT2D eigenvalue weighted by molar-refractivity contribution is -0.137. The Kier molecular flexibility index (Phi) is 5.59. The zero-order valence-electron chi connectivity index (χ0n) is 11.7. The normalized spacial score (nSPS) is 11.7. The largest absolute Gasteiger partial charge is 0.461 e. The lowest BCUT2D eigenvalue weighted by Crippen LogP contribution is -2.08. The maximum absolute atomic E-state index is 12.8. The first-order valence-electron chi connectivity index (χ1n) is 6.25. The van der Waals surface area contributed by atoms with E-state index in [1.165, 1.54) is 0 Å². The average molecular weight is 422 g/mol. The molecule has 1 aromatic heterocycles. The van der Waals surface area contributed by atoms with Crippen molar-refractivity contribution >= 4 is 52.4 Å². The lowest BCUT2D eigenvalue weighted by Gasteiger charge is -2.14. The first-order valence-corrected chi connectivity index (χ1v) is 7.76. The van der Waals surface area contributed by atoms with Gasteiger partial charge in [0.1, 0.15) is 5.15 Å². The number of carbonyl (C=O) groups excluding carboxylic acids is 1. The van der Waals surface area contributed by atoms with Gasteiger partial charge in [0.25, 0.3) is 0 Å². The van der Waals surface area contributed by atoms with Crippen LogP contribution in [0.4, 0.5) is 13.2 Å². The highest BCUT2D eigenvalue weighted by atomic mass is 35.5. The van der Waals surface area contributed by atoms with Gasteiger partial charge < -0.3 is 4.74 Å². The fourth-order valence-electron chi connectivity index (χ4n) is 1.84. The van der Waals surface area contributed by atoms with Crippen molar-refractivity contribution < 1.29 is 22.7 Å². The summed E-state index contributed by atoms with van der Waals surface area (Å²) in [5, 5.41) is -1.34. The highest BCUT2D eigenvalue weighted by Gasteiger charge is 2.33. The van der Waals surface area contributed by atoms with Gasteiger partial charge in [-0.05, 0) is 30.7 Å². The van der Waals surface area contributed by atoms with Gasteiger partial charge in [0, 0.05) is 0 Å². The molecule has 0 N–H and O–H groups in total. The van der Waals surface area contributed by atoms with E-state index in [9.17, 15) is 18.0 Å². The Morgan fingerprint density at radius 2 is 1.75 bits per heavy atom. The van der Waals surface area contributed by atoms with Crippen molar-refractivity contribution in [2.75, 3.05) is 6.61 Å². The summed E-state index contributed by atoms with van der Waals surface area (Å²) >= 11 is 23.8. The van der Waals surface area contributed by atoms with Gasteiger partial charge in [-0.25, -0.2) is 9.78 Å². The van der Waals surface area contributed by atoms with E-state index in [2.05, 4.69) is 4.98 Å². The molecular formula is C13H7Cl4F3N2O2. The minimum Gasteiger partial charge on any atom is -0.461 e. The number of ether oxygens (including phenoxy) is 1. The summed E-state index contributed by atoms with van der Waals surface area (Å²) in [5.74, 6) is -0.845.